The zero-order chi connectivity index (χ0) is 21.2. The summed E-state index contributed by atoms with van der Waals surface area (Å²) in [5.74, 6) is -1.10. The lowest BCUT2D eigenvalue weighted by Crippen LogP contribution is -2.44. The molecule has 0 radical (unpaired) electrons. The lowest BCUT2D eigenvalue weighted by molar-refractivity contribution is -0.141. The van der Waals surface area contributed by atoms with E-state index in [2.05, 4.69) is 0 Å². The normalized spacial score (nSPS) is 20.7. The first-order valence-corrected chi connectivity index (χ1v) is 9.90. The molecule has 2 fully saturated rings. The molecule has 0 bridgehead atoms. The average molecular weight is 404 g/mol. The predicted molar refractivity (Wildman–Crippen MR) is 106 cm³/mol. The summed E-state index contributed by atoms with van der Waals surface area (Å²) in [4.78, 5) is 38.5. The number of aliphatic carboxylic acids is 1. The quantitative estimate of drug-likeness (QED) is 0.829. The Morgan fingerprint density at radius 3 is 2.24 bits per heavy atom. The van der Waals surface area contributed by atoms with Crippen molar-refractivity contribution >= 4 is 23.7 Å². The van der Waals surface area contributed by atoms with Crippen molar-refractivity contribution < 1.29 is 29.0 Å². The fraction of sp³-hybridized carbons (Fsp3) is 0.571. The van der Waals surface area contributed by atoms with E-state index in [0.717, 1.165) is 0 Å². The molecule has 3 rings (SSSR count). The van der Waals surface area contributed by atoms with Crippen molar-refractivity contribution in [3.8, 4) is 5.75 Å². The Labute approximate surface area is 170 Å². The van der Waals surface area contributed by atoms with E-state index in [1.165, 1.54) is 4.90 Å². The summed E-state index contributed by atoms with van der Waals surface area (Å²) in [6.07, 6.45) is 1.17. The van der Waals surface area contributed by atoms with Crippen molar-refractivity contribution in [3.05, 3.63) is 24.3 Å². The summed E-state index contributed by atoms with van der Waals surface area (Å²) in [5.41, 5.74) is 0.166. The number of carbonyl (C=O) groups excluding carboxylic acids is 2. The van der Waals surface area contributed by atoms with Gasteiger partial charge in [0.1, 0.15) is 17.5 Å². The third-order valence-electron chi connectivity index (χ3n) is 5.02. The number of rotatable bonds is 4. The number of piperidine rings is 1. The number of benzene rings is 1. The molecular formula is C21H28N2O6. The monoisotopic (exact) mass is 404 g/mol. The molecule has 0 aliphatic carbocycles. The van der Waals surface area contributed by atoms with Crippen molar-refractivity contribution in [3.63, 3.8) is 0 Å². The molecule has 0 aromatic heterocycles. The maximum absolute atomic E-state index is 12.1. The van der Waals surface area contributed by atoms with Gasteiger partial charge in [0.2, 0.25) is 5.91 Å². The molecule has 1 N–H and O–H groups in total. The van der Waals surface area contributed by atoms with Crippen LogP contribution in [-0.4, -0.2) is 59.3 Å². The second-order valence-electron chi connectivity index (χ2n) is 8.52. The van der Waals surface area contributed by atoms with Crippen LogP contribution in [0.4, 0.5) is 10.5 Å². The van der Waals surface area contributed by atoms with Crippen LogP contribution in [0.1, 0.15) is 40.0 Å². The Hall–Kier alpha value is -2.77. The largest absolute Gasteiger partial charge is 0.490 e. The molecule has 1 unspecified atom stereocenters. The highest BCUT2D eigenvalue weighted by atomic mass is 16.6. The molecule has 1 aromatic carbocycles. The van der Waals surface area contributed by atoms with Crippen LogP contribution in [0.15, 0.2) is 24.3 Å². The molecule has 8 nitrogen and oxygen atoms in total. The van der Waals surface area contributed by atoms with Gasteiger partial charge in [0.25, 0.3) is 0 Å². The number of anilines is 1. The highest BCUT2D eigenvalue weighted by Crippen LogP contribution is 2.28. The van der Waals surface area contributed by atoms with Gasteiger partial charge in [-0.25, -0.2) is 4.79 Å². The molecule has 0 spiro atoms. The summed E-state index contributed by atoms with van der Waals surface area (Å²) in [7, 11) is 0. The van der Waals surface area contributed by atoms with E-state index in [1.54, 1.807) is 29.2 Å². The van der Waals surface area contributed by atoms with Gasteiger partial charge in [-0.2, -0.15) is 0 Å². The number of amides is 2. The molecule has 2 saturated heterocycles. The van der Waals surface area contributed by atoms with Crippen LogP contribution in [0, 0.1) is 5.92 Å². The number of hydrogen-bond acceptors (Lipinski definition) is 5. The Kier molecular flexibility index (Phi) is 6.00. The zero-order valence-corrected chi connectivity index (χ0v) is 17.1. The van der Waals surface area contributed by atoms with Crippen LogP contribution in [0.2, 0.25) is 0 Å². The van der Waals surface area contributed by atoms with E-state index in [1.807, 2.05) is 20.8 Å². The third-order valence-corrected chi connectivity index (χ3v) is 5.02. The maximum atomic E-state index is 12.1. The van der Waals surface area contributed by atoms with Crippen molar-refractivity contribution in [2.75, 3.05) is 24.5 Å². The Bertz CT molecular complexity index is 762. The zero-order valence-electron chi connectivity index (χ0n) is 17.1. The first-order chi connectivity index (χ1) is 13.6. The van der Waals surface area contributed by atoms with Crippen molar-refractivity contribution in [2.45, 2.75) is 51.7 Å². The first kappa shape index (κ1) is 21.0. The molecule has 1 aromatic rings. The molecule has 0 saturated carbocycles. The molecular weight excluding hydrogens is 376 g/mol. The Morgan fingerprint density at radius 1 is 1.10 bits per heavy atom. The standard InChI is InChI=1S/C21H28N2O6/c1-21(2,3)29-20(27)22-10-8-17(9-11-22)28-16-6-4-15(5-7-16)23-13-14(19(25)26)12-18(23)24/h4-7,14,17H,8-13H2,1-3H3,(H,25,26). The minimum Gasteiger partial charge on any atom is -0.490 e. The second kappa shape index (κ2) is 8.31. The third kappa shape index (κ3) is 5.40. The smallest absolute Gasteiger partial charge is 0.410 e. The van der Waals surface area contributed by atoms with E-state index < -0.39 is 17.5 Å². The highest BCUT2D eigenvalue weighted by molar-refractivity contribution is 5.99. The summed E-state index contributed by atoms with van der Waals surface area (Å²) < 4.78 is 11.4. The predicted octanol–water partition coefficient (Wildman–Crippen LogP) is 2.90. The minimum atomic E-state index is -0.946. The van der Waals surface area contributed by atoms with Gasteiger partial charge in [-0.3, -0.25) is 9.59 Å². The Balaban J connectivity index is 1.50. The molecule has 2 aliphatic rings. The average Bonchev–Trinajstić information content (AvgIpc) is 3.04. The van der Waals surface area contributed by atoms with Crippen molar-refractivity contribution in [2.24, 2.45) is 5.92 Å². The van der Waals surface area contributed by atoms with Gasteiger partial charge >= 0.3 is 12.1 Å². The van der Waals surface area contributed by atoms with Crippen molar-refractivity contribution in [1.29, 1.82) is 0 Å². The van der Waals surface area contributed by atoms with E-state index >= 15 is 0 Å². The number of carboxylic acid groups (broad SMARTS) is 1. The Morgan fingerprint density at radius 2 is 1.72 bits per heavy atom. The van der Waals surface area contributed by atoms with E-state index in [0.29, 0.717) is 37.4 Å². The first-order valence-electron chi connectivity index (χ1n) is 9.90. The van der Waals surface area contributed by atoms with Crippen LogP contribution >= 0.6 is 0 Å². The number of ether oxygens (including phenoxy) is 2. The molecule has 8 heteroatoms. The molecule has 2 aliphatic heterocycles. The summed E-state index contributed by atoms with van der Waals surface area (Å²) in [6, 6.07) is 7.12. The number of carboxylic acids is 1. The van der Waals surface area contributed by atoms with E-state index in [4.69, 9.17) is 14.6 Å². The molecule has 1 atom stereocenters. The molecule has 158 valence electrons. The SMILES string of the molecule is CC(C)(C)OC(=O)N1CCC(Oc2ccc(N3CC(C(=O)O)CC3=O)cc2)CC1. The number of nitrogens with zero attached hydrogens (tertiary/aromatic N) is 2. The highest BCUT2D eigenvalue weighted by Gasteiger charge is 2.35. The van der Waals surface area contributed by atoms with Crippen LogP contribution in [0.3, 0.4) is 0 Å². The summed E-state index contributed by atoms with van der Waals surface area (Å²) in [6.45, 7) is 6.90. The minimum absolute atomic E-state index is 0.00402. The van der Waals surface area contributed by atoms with Gasteiger partial charge in [0, 0.05) is 44.6 Å². The van der Waals surface area contributed by atoms with Crippen molar-refractivity contribution in [1.82, 2.24) is 4.90 Å². The lowest BCUT2D eigenvalue weighted by atomic mass is 10.1. The number of likely N-dealkylation sites (tertiary alicyclic amines) is 1. The van der Waals surface area contributed by atoms with Crippen LogP contribution < -0.4 is 9.64 Å². The van der Waals surface area contributed by atoms with E-state index in [9.17, 15) is 14.4 Å². The van der Waals surface area contributed by atoms with Gasteiger partial charge in [-0.1, -0.05) is 0 Å². The molecule has 29 heavy (non-hydrogen) atoms. The van der Waals surface area contributed by atoms with Gasteiger partial charge in [-0.15, -0.1) is 0 Å². The summed E-state index contributed by atoms with van der Waals surface area (Å²) in [5, 5.41) is 9.10. The van der Waals surface area contributed by atoms with Crippen LogP contribution in [-0.2, 0) is 14.3 Å². The van der Waals surface area contributed by atoms with Crippen LogP contribution in [0.5, 0.6) is 5.75 Å². The number of carbonyl (C=O) groups is 3. The van der Waals surface area contributed by atoms with E-state index in [-0.39, 0.29) is 31.1 Å². The fourth-order valence-electron chi connectivity index (χ4n) is 3.50. The fourth-order valence-corrected chi connectivity index (χ4v) is 3.50. The summed E-state index contributed by atoms with van der Waals surface area (Å²) >= 11 is 0. The van der Waals surface area contributed by atoms with Gasteiger partial charge in [-0.05, 0) is 45.0 Å². The van der Waals surface area contributed by atoms with Gasteiger partial charge in [0.05, 0.1) is 5.92 Å². The van der Waals surface area contributed by atoms with Gasteiger partial charge in [0.15, 0.2) is 0 Å². The molecule has 2 heterocycles. The number of hydrogen-bond donors (Lipinski definition) is 1. The molecule has 2 amide bonds. The topological polar surface area (TPSA) is 96.4 Å². The van der Waals surface area contributed by atoms with Gasteiger partial charge < -0.3 is 24.4 Å². The maximum Gasteiger partial charge on any atom is 0.410 e. The second-order valence-corrected chi connectivity index (χ2v) is 8.52. The lowest BCUT2D eigenvalue weighted by Gasteiger charge is -2.33. The van der Waals surface area contributed by atoms with Crippen LogP contribution in [0.25, 0.3) is 0 Å².